The van der Waals surface area contributed by atoms with Crippen LogP contribution in [0.1, 0.15) is 33.6 Å². The number of para-hydroxylation sites is 2. The molecule has 0 fully saturated rings. The molecule has 7 heteroatoms. The summed E-state index contributed by atoms with van der Waals surface area (Å²) in [5, 5.41) is 2.69. The van der Waals surface area contributed by atoms with Gasteiger partial charge in [-0.2, -0.15) is 5.09 Å². The summed E-state index contributed by atoms with van der Waals surface area (Å²) in [6.07, 6.45) is 1.86. The Morgan fingerprint density at radius 1 is 0.929 bits per heavy atom. The molecule has 0 saturated carbocycles. The summed E-state index contributed by atoms with van der Waals surface area (Å²) in [5.41, 5.74) is 0. The van der Waals surface area contributed by atoms with Crippen LogP contribution in [0.15, 0.2) is 60.7 Å². The van der Waals surface area contributed by atoms with Gasteiger partial charge in [0.1, 0.15) is 17.5 Å². The number of esters is 1. The molecule has 28 heavy (non-hydrogen) atoms. The van der Waals surface area contributed by atoms with Crippen molar-refractivity contribution in [3.05, 3.63) is 60.7 Å². The van der Waals surface area contributed by atoms with Gasteiger partial charge in [-0.3, -0.25) is 4.79 Å². The number of ether oxygens (including phenoxy) is 1. The second-order valence-electron chi connectivity index (χ2n) is 6.47. The summed E-state index contributed by atoms with van der Waals surface area (Å²) in [5.74, 6) is 0.545. The molecule has 0 radical (unpaired) electrons. The third-order valence-corrected chi connectivity index (χ3v) is 5.86. The lowest BCUT2D eigenvalue weighted by Gasteiger charge is -2.23. The van der Waals surface area contributed by atoms with Crippen LogP contribution in [0.25, 0.3) is 0 Å². The van der Waals surface area contributed by atoms with E-state index in [-0.39, 0.29) is 0 Å². The van der Waals surface area contributed by atoms with Crippen molar-refractivity contribution >= 4 is 13.7 Å². The Kier molecular flexibility index (Phi) is 8.55. The van der Waals surface area contributed by atoms with Gasteiger partial charge < -0.3 is 13.8 Å². The lowest BCUT2D eigenvalue weighted by atomic mass is 10.1. The van der Waals surface area contributed by atoms with Gasteiger partial charge in [-0.1, -0.05) is 63.1 Å². The number of benzene rings is 2. The third kappa shape index (κ3) is 7.02. The summed E-state index contributed by atoms with van der Waals surface area (Å²) in [4.78, 5) is 12.3. The zero-order chi connectivity index (χ0) is 20.4. The molecule has 0 bridgehead atoms. The van der Waals surface area contributed by atoms with Crippen LogP contribution in [-0.4, -0.2) is 18.6 Å². The van der Waals surface area contributed by atoms with E-state index in [1.807, 2.05) is 12.1 Å². The molecule has 0 aliphatic carbocycles. The molecule has 0 unspecified atom stereocenters. The molecule has 0 aliphatic rings. The van der Waals surface area contributed by atoms with Crippen molar-refractivity contribution in [2.75, 3.05) is 6.61 Å². The van der Waals surface area contributed by atoms with E-state index in [4.69, 9.17) is 13.8 Å². The van der Waals surface area contributed by atoms with Crippen molar-refractivity contribution in [2.45, 2.75) is 39.7 Å². The van der Waals surface area contributed by atoms with Gasteiger partial charge in [0.2, 0.25) is 0 Å². The maximum absolute atomic E-state index is 13.4. The molecule has 2 aromatic rings. The van der Waals surface area contributed by atoms with E-state index in [2.05, 4.69) is 18.9 Å². The molecule has 152 valence electrons. The first kappa shape index (κ1) is 22.0. The second-order valence-corrected chi connectivity index (χ2v) is 8.09. The fraction of sp³-hybridized carbons (Fsp3) is 0.381. The van der Waals surface area contributed by atoms with Gasteiger partial charge in [0, 0.05) is 0 Å². The quantitative estimate of drug-likeness (QED) is 0.409. The Bertz CT molecular complexity index is 719. The van der Waals surface area contributed by atoms with Crippen LogP contribution in [0.5, 0.6) is 11.5 Å². The van der Waals surface area contributed by atoms with E-state index in [0.29, 0.717) is 24.0 Å². The Hall–Kier alpha value is -2.30. The molecule has 0 aromatic heterocycles. The average molecular weight is 405 g/mol. The minimum absolute atomic E-state index is 0.309. The molecule has 0 saturated heterocycles. The van der Waals surface area contributed by atoms with Gasteiger partial charge in [0.15, 0.2) is 0 Å². The van der Waals surface area contributed by atoms with Gasteiger partial charge in [-0.25, -0.2) is 4.57 Å². The summed E-state index contributed by atoms with van der Waals surface area (Å²) in [7, 11) is -3.89. The highest BCUT2D eigenvalue weighted by atomic mass is 31.2. The molecule has 2 aromatic carbocycles. The van der Waals surface area contributed by atoms with E-state index in [0.717, 1.165) is 12.8 Å². The minimum Gasteiger partial charge on any atom is -0.464 e. The zero-order valence-electron chi connectivity index (χ0n) is 16.5. The molecule has 6 nitrogen and oxygen atoms in total. The van der Waals surface area contributed by atoms with Crippen LogP contribution < -0.4 is 14.1 Å². The number of carbonyl (C=O) groups excluding carboxylic acids is 1. The molecule has 0 spiro atoms. The van der Waals surface area contributed by atoms with Gasteiger partial charge in [-0.15, -0.1) is 0 Å². The summed E-state index contributed by atoms with van der Waals surface area (Å²) in [6, 6.07) is 16.5. The molecule has 0 aliphatic heterocycles. The van der Waals surface area contributed by atoms with E-state index in [1.54, 1.807) is 55.5 Å². The largest absolute Gasteiger partial charge is 0.513 e. The Morgan fingerprint density at radius 2 is 1.39 bits per heavy atom. The maximum Gasteiger partial charge on any atom is 0.513 e. The maximum atomic E-state index is 13.4. The van der Waals surface area contributed by atoms with Crippen molar-refractivity contribution in [1.82, 2.24) is 5.09 Å². The summed E-state index contributed by atoms with van der Waals surface area (Å²) in [6.45, 7) is 6.02. The lowest BCUT2D eigenvalue weighted by molar-refractivity contribution is -0.146. The topological polar surface area (TPSA) is 73.9 Å². The molecule has 0 heterocycles. The number of carbonyl (C=O) groups is 1. The van der Waals surface area contributed by atoms with Crippen LogP contribution in [0.4, 0.5) is 0 Å². The van der Waals surface area contributed by atoms with Crippen LogP contribution in [-0.2, 0) is 14.1 Å². The first-order chi connectivity index (χ1) is 13.5. The Labute approximate surface area is 166 Å². The smallest absolute Gasteiger partial charge is 0.464 e. The van der Waals surface area contributed by atoms with Crippen molar-refractivity contribution < 1.29 is 23.1 Å². The summed E-state index contributed by atoms with van der Waals surface area (Å²) < 4.78 is 29.9. The van der Waals surface area contributed by atoms with Crippen molar-refractivity contribution in [3.8, 4) is 11.5 Å². The van der Waals surface area contributed by atoms with Gasteiger partial charge >= 0.3 is 13.7 Å². The Morgan fingerprint density at radius 3 is 1.82 bits per heavy atom. The highest BCUT2D eigenvalue weighted by Crippen LogP contribution is 2.45. The SMILES string of the molecule is CCC(CC)COC(=O)[C@H](C)NP(=O)(Oc1ccccc1)Oc1ccccc1. The third-order valence-electron chi connectivity index (χ3n) is 4.26. The van der Waals surface area contributed by atoms with Gasteiger partial charge in [0.05, 0.1) is 6.61 Å². The molecule has 1 atom stereocenters. The molecule has 2 rings (SSSR count). The molecule has 1 N–H and O–H groups in total. The average Bonchev–Trinajstić information content (AvgIpc) is 2.69. The van der Waals surface area contributed by atoms with Crippen LogP contribution >= 0.6 is 7.75 Å². The van der Waals surface area contributed by atoms with Crippen molar-refractivity contribution in [1.29, 1.82) is 0 Å². The number of rotatable bonds is 11. The number of hydrogen-bond acceptors (Lipinski definition) is 5. The Balaban J connectivity index is 2.10. The number of hydrogen-bond donors (Lipinski definition) is 1. The van der Waals surface area contributed by atoms with E-state index in [1.165, 1.54) is 0 Å². The van der Waals surface area contributed by atoms with Crippen molar-refractivity contribution in [3.63, 3.8) is 0 Å². The first-order valence-electron chi connectivity index (χ1n) is 9.49. The predicted octanol–water partition coefficient (Wildman–Crippen LogP) is 5.21. The van der Waals surface area contributed by atoms with Crippen LogP contribution in [0.3, 0.4) is 0 Å². The van der Waals surface area contributed by atoms with Crippen molar-refractivity contribution in [2.24, 2.45) is 5.92 Å². The fourth-order valence-electron chi connectivity index (χ4n) is 2.45. The zero-order valence-corrected chi connectivity index (χ0v) is 17.4. The normalized spacial score (nSPS) is 12.4. The van der Waals surface area contributed by atoms with Gasteiger partial charge in [-0.05, 0) is 37.1 Å². The van der Waals surface area contributed by atoms with Crippen LogP contribution in [0, 0.1) is 5.92 Å². The van der Waals surface area contributed by atoms with Gasteiger partial charge in [0.25, 0.3) is 0 Å². The predicted molar refractivity (Wildman–Crippen MR) is 109 cm³/mol. The molecular formula is C21H28NO5P. The molecule has 0 amide bonds. The standard InChI is InChI=1S/C21H28NO5P/c1-4-18(5-2)16-25-21(23)17(3)22-28(24,26-19-12-8-6-9-13-19)27-20-14-10-7-11-15-20/h6-15,17-18H,4-5,16H2,1-3H3,(H,22,24)/t17-/m0/s1. The first-order valence-corrected chi connectivity index (χ1v) is 11.0. The minimum atomic E-state index is -3.89. The second kappa shape index (κ2) is 10.9. The number of nitrogens with one attached hydrogen (secondary N) is 1. The van der Waals surface area contributed by atoms with E-state index < -0.39 is 19.8 Å². The highest BCUT2D eigenvalue weighted by Gasteiger charge is 2.33. The van der Waals surface area contributed by atoms with E-state index >= 15 is 0 Å². The van der Waals surface area contributed by atoms with Crippen LogP contribution in [0.2, 0.25) is 0 Å². The fourth-order valence-corrected chi connectivity index (χ4v) is 3.97. The molecular weight excluding hydrogens is 377 g/mol. The van der Waals surface area contributed by atoms with E-state index in [9.17, 15) is 9.36 Å². The monoisotopic (exact) mass is 405 g/mol. The highest BCUT2D eigenvalue weighted by molar-refractivity contribution is 7.52. The summed E-state index contributed by atoms with van der Waals surface area (Å²) >= 11 is 0. The lowest BCUT2D eigenvalue weighted by Crippen LogP contribution is -2.36.